The number of nitrogens with two attached hydrogens (primary N) is 1. The Bertz CT molecular complexity index is 643. The molecule has 0 spiro atoms. The highest BCUT2D eigenvalue weighted by Gasteiger charge is 2.05. The minimum atomic E-state index is -0.235. The fourth-order valence-electron chi connectivity index (χ4n) is 1.60. The first-order chi connectivity index (χ1) is 8.97. The van der Waals surface area contributed by atoms with Crippen molar-refractivity contribution in [2.45, 2.75) is 6.92 Å². The molecule has 5 heteroatoms. The van der Waals surface area contributed by atoms with E-state index in [0.717, 1.165) is 15.7 Å². The van der Waals surface area contributed by atoms with Gasteiger partial charge >= 0.3 is 0 Å². The van der Waals surface area contributed by atoms with E-state index in [4.69, 9.17) is 18.0 Å². The third kappa shape index (κ3) is 3.30. The molecule has 3 N–H and O–H groups in total. The van der Waals surface area contributed by atoms with Gasteiger partial charge in [-0.1, -0.05) is 18.3 Å². The smallest absolute Gasteiger partial charge is 0.128 e. The summed E-state index contributed by atoms with van der Waals surface area (Å²) in [6.45, 7) is 1.73. The van der Waals surface area contributed by atoms with Crippen molar-refractivity contribution in [2.24, 2.45) is 5.73 Å². The summed E-state index contributed by atoms with van der Waals surface area (Å²) in [6.07, 6.45) is 0. The second kappa shape index (κ2) is 5.67. The van der Waals surface area contributed by atoms with Crippen LogP contribution in [0.1, 0.15) is 11.1 Å². The number of hydrogen-bond acceptors (Lipinski definition) is 2. The second-order valence-corrected chi connectivity index (χ2v) is 5.44. The maximum Gasteiger partial charge on any atom is 0.128 e. The molecule has 2 nitrogen and oxygen atoms in total. The maximum atomic E-state index is 13.5. The van der Waals surface area contributed by atoms with Gasteiger partial charge in [0.15, 0.2) is 0 Å². The van der Waals surface area contributed by atoms with Gasteiger partial charge in [0.05, 0.1) is 5.69 Å². The summed E-state index contributed by atoms with van der Waals surface area (Å²) in [5.41, 5.74) is 8.47. The van der Waals surface area contributed by atoms with Gasteiger partial charge in [-0.25, -0.2) is 4.39 Å². The van der Waals surface area contributed by atoms with Crippen LogP contribution in [0.5, 0.6) is 0 Å². The zero-order valence-electron chi connectivity index (χ0n) is 10.2. The Kier molecular flexibility index (Phi) is 4.17. The number of benzene rings is 2. The highest BCUT2D eigenvalue weighted by molar-refractivity contribution is 9.10. The summed E-state index contributed by atoms with van der Waals surface area (Å²) < 4.78 is 14.3. The molecule has 0 aromatic heterocycles. The lowest BCUT2D eigenvalue weighted by atomic mass is 10.2. The van der Waals surface area contributed by atoms with Gasteiger partial charge < -0.3 is 11.1 Å². The van der Waals surface area contributed by atoms with Crippen LogP contribution in [-0.2, 0) is 0 Å². The standard InChI is InChI=1S/C14H12BrFN2S/c1-8-2-4-10(7-12(8)16)18-13-5-3-9(14(17)19)6-11(13)15/h2-7,18H,1H3,(H2,17,19). The fraction of sp³-hybridized carbons (Fsp3) is 0.0714. The van der Waals surface area contributed by atoms with Crippen molar-refractivity contribution >= 4 is 44.5 Å². The van der Waals surface area contributed by atoms with Gasteiger partial charge in [-0.2, -0.15) is 0 Å². The van der Waals surface area contributed by atoms with E-state index in [9.17, 15) is 4.39 Å². The highest BCUT2D eigenvalue weighted by atomic mass is 79.9. The molecule has 0 aliphatic carbocycles. The molecule has 0 aliphatic rings. The van der Waals surface area contributed by atoms with Gasteiger partial charge in [0.2, 0.25) is 0 Å². The van der Waals surface area contributed by atoms with Gasteiger partial charge in [-0.3, -0.25) is 0 Å². The van der Waals surface area contributed by atoms with Crippen LogP contribution in [0.2, 0.25) is 0 Å². The maximum absolute atomic E-state index is 13.5. The van der Waals surface area contributed by atoms with Crippen LogP contribution in [0.15, 0.2) is 40.9 Å². The Morgan fingerprint density at radius 3 is 2.58 bits per heavy atom. The van der Waals surface area contributed by atoms with E-state index >= 15 is 0 Å². The summed E-state index contributed by atoms with van der Waals surface area (Å²) in [4.78, 5) is 0.341. The normalized spacial score (nSPS) is 10.3. The first-order valence-electron chi connectivity index (χ1n) is 5.60. The average Bonchev–Trinajstić information content (AvgIpc) is 2.36. The van der Waals surface area contributed by atoms with Gasteiger partial charge in [0.25, 0.3) is 0 Å². The van der Waals surface area contributed by atoms with Crippen LogP contribution in [-0.4, -0.2) is 4.99 Å². The second-order valence-electron chi connectivity index (χ2n) is 4.15. The van der Waals surface area contributed by atoms with Crippen molar-refractivity contribution in [3.63, 3.8) is 0 Å². The predicted molar refractivity (Wildman–Crippen MR) is 84.4 cm³/mol. The molecular formula is C14H12BrFN2S. The molecule has 2 aromatic carbocycles. The number of anilines is 2. The highest BCUT2D eigenvalue weighted by Crippen LogP contribution is 2.27. The number of aryl methyl sites for hydroxylation is 1. The zero-order valence-corrected chi connectivity index (χ0v) is 12.6. The number of halogens is 2. The molecule has 19 heavy (non-hydrogen) atoms. The van der Waals surface area contributed by atoms with E-state index in [1.807, 2.05) is 24.3 Å². The Morgan fingerprint density at radius 2 is 2.00 bits per heavy atom. The van der Waals surface area contributed by atoms with Crippen molar-refractivity contribution in [3.8, 4) is 0 Å². The Balaban J connectivity index is 2.28. The molecule has 98 valence electrons. The monoisotopic (exact) mass is 338 g/mol. The molecule has 0 fully saturated rings. The van der Waals surface area contributed by atoms with Crippen LogP contribution < -0.4 is 11.1 Å². The molecule has 0 radical (unpaired) electrons. The molecule has 0 unspecified atom stereocenters. The van der Waals surface area contributed by atoms with E-state index < -0.39 is 0 Å². The fourth-order valence-corrected chi connectivity index (χ4v) is 2.20. The number of hydrogen-bond donors (Lipinski definition) is 2. The Labute approximate surface area is 124 Å². The lowest BCUT2D eigenvalue weighted by molar-refractivity contribution is 0.619. The summed E-state index contributed by atoms with van der Waals surface area (Å²) in [5.74, 6) is -0.235. The molecule has 0 amide bonds. The van der Waals surface area contributed by atoms with Crippen molar-refractivity contribution in [1.29, 1.82) is 0 Å². The van der Waals surface area contributed by atoms with Gasteiger partial charge in [0.1, 0.15) is 10.8 Å². The average molecular weight is 339 g/mol. The minimum Gasteiger partial charge on any atom is -0.389 e. The first-order valence-corrected chi connectivity index (χ1v) is 6.80. The number of thiocarbonyl (C=S) groups is 1. The van der Waals surface area contributed by atoms with Crippen molar-refractivity contribution in [2.75, 3.05) is 5.32 Å². The minimum absolute atomic E-state index is 0.235. The quantitative estimate of drug-likeness (QED) is 0.820. The van der Waals surface area contributed by atoms with Crippen LogP contribution in [0, 0.1) is 12.7 Å². The molecule has 0 atom stereocenters. The van der Waals surface area contributed by atoms with Gasteiger partial charge in [-0.15, -0.1) is 0 Å². The molecule has 0 saturated carbocycles. The van der Waals surface area contributed by atoms with E-state index in [1.165, 1.54) is 6.07 Å². The molecule has 0 bridgehead atoms. The predicted octanol–water partition coefficient (Wildman–Crippen LogP) is 4.27. The molecule has 2 rings (SSSR count). The van der Waals surface area contributed by atoms with Gasteiger partial charge in [-0.05, 0) is 58.7 Å². The van der Waals surface area contributed by atoms with Gasteiger partial charge in [0, 0.05) is 15.7 Å². The molecule has 0 aliphatic heterocycles. The molecule has 0 heterocycles. The lowest BCUT2D eigenvalue weighted by Gasteiger charge is -2.10. The molecule has 2 aromatic rings. The SMILES string of the molecule is Cc1ccc(Nc2ccc(C(N)=S)cc2Br)cc1F. The van der Waals surface area contributed by atoms with Crippen LogP contribution >= 0.6 is 28.1 Å². The molecule has 0 saturated heterocycles. The van der Waals surface area contributed by atoms with E-state index in [1.54, 1.807) is 13.0 Å². The summed E-state index contributed by atoms with van der Waals surface area (Å²) in [5, 5.41) is 3.14. The third-order valence-corrected chi connectivity index (χ3v) is 3.60. The summed E-state index contributed by atoms with van der Waals surface area (Å²) >= 11 is 8.35. The van der Waals surface area contributed by atoms with Crippen molar-refractivity contribution in [3.05, 3.63) is 57.8 Å². The zero-order chi connectivity index (χ0) is 14.0. The Morgan fingerprint density at radius 1 is 1.26 bits per heavy atom. The first kappa shape index (κ1) is 14.0. The van der Waals surface area contributed by atoms with E-state index in [2.05, 4.69) is 21.2 Å². The third-order valence-electron chi connectivity index (χ3n) is 2.70. The number of rotatable bonds is 3. The summed E-state index contributed by atoms with van der Waals surface area (Å²) in [7, 11) is 0. The van der Waals surface area contributed by atoms with Crippen LogP contribution in [0.3, 0.4) is 0 Å². The molecular weight excluding hydrogens is 327 g/mol. The number of nitrogens with one attached hydrogen (secondary N) is 1. The van der Waals surface area contributed by atoms with Crippen molar-refractivity contribution < 1.29 is 4.39 Å². The van der Waals surface area contributed by atoms with E-state index in [0.29, 0.717) is 16.2 Å². The van der Waals surface area contributed by atoms with E-state index in [-0.39, 0.29) is 5.82 Å². The van der Waals surface area contributed by atoms with Crippen LogP contribution in [0.4, 0.5) is 15.8 Å². The lowest BCUT2D eigenvalue weighted by Crippen LogP contribution is -2.09. The summed E-state index contributed by atoms with van der Waals surface area (Å²) in [6, 6.07) is 10.5. The van der Waals surface area contributed by atoms with Crippen LogP contribution in [0.25, 0.3) is 0 Å². The topological polar surface area (TPSA) is 38.0 Å². The largest absolute Gasteiger partial charge is 0.389 e. The van der Waals surface area contributed by atoms with Crippen molar-refractivity contribution in [1.82, 2.24) is 0 Å². The Hall–Kier alpha value is -1.46.